The Morgan fingerprint density at radius 3 is 2.36 bits per heavy atom. The maximum absolute atomic E-state index is 13.6. The fraction of sp³-hybridized carbons (Fsp3) is 0.200. The predicted molar refractivity (Wildman–Crippen MR) is 86.0 cm³/mol. The van der Waals surface area contributed by atoms with Crippen molar-refractivity contribution in [2.45, 2.75) is 11.0 Å². The maximum Gasteiger partial charge on any atom is 0.293 e. The molecular weight excluding hydrogens is 358 g/mol. The van der Waals surface area contributed by atoms with Crippen molar-refractivity contribution in [2.24, 2.45) is 0 Å². The third kappa shape index (κ3) is 4.28. The van der Waals surface area contributed by atoms with Gasteiger partial charge in [-0.3, -0.25) is 10.1 Å². The molecule has 0 aliphatic heterocycles. The number of rotatable bonds is 6. The molecule has 0 bridgehead atoms. The molecule has 0 saturated carbocycles. The van der Waals surface area contributed by atoms with Crippen LogP contribution in [0.1, 0.15) is 11.7 Å². The number of nitro benzene ring substituents is 1. The van der Waals surface area contributed by atoms with Gasteiger partial charge in [0.05, 0.1) is 15.4 Å². The van der Waals surface area contributed by atoms with E-state index in [2.05, 4.69) is 5.32 Å². The van der Waals surface area contributed by atoms with Crippen LogP contribution in [0.5, 0.6) is 0 Å². The number of halogens is 2. The molecule has 0 heterocycles. The van der Waals surface area contributed by atoms with Crippen molar-refractivity contribution in [1.29, 1.82) is 0 Å². The molecule has 0 aliphatic carbocycles. The molecular formula is C15H14F2N2O5S. The molecule has 25 heavy (non-hydrogen) atoms. The van der Waals surface area contributed by atoms with Gasteiger partial charge < -0.3 is 10.4 Å². The van der Waals surface area contributed by atoms with Gasteiger partial charge in [0.15, 0.2) is 9.84 Å². The van der Waals surface area contributed by atoms with E-state index in [1.165, 1.54) is 0 Å². The molecule has 2 aromatic rings. The van der Waals surface area contributed by atoms with Crippen molar-refractivity contribution in [2.75, 3.05) is 18.1 Å². The fourth-order valence-corrected chi connectivity index (χ4v) is 2.82. The zero-order valence-electron chi connectivity index (χ0n) is 12.9. The van der Waals surface area contributed by atoms with Gasteiger partial charge in [-0.15, -0.1) is 0 Å². The zero-order chi connectivity index (χ0) is 18.8. The third-order valence-corrected chi connectivity index (χ3v) is 4.52. The van der Waals surface area contributed by atoms with Gasteiger partial charge in [0.1, 0.15) is 23.4 Å². The highest BCUT2D eigenvalue weighted by Gasteiger charge is 2.21. The van der Waals surface area contributed by atoms with Gasteiger partial charge in [-0.05, 0) is 24.3 Å². The van der Waals surface area contributed by atoms with Crippen molar-refractivity contribution in [3.8, 4) is 0 Å². The third-order valence-electron chi connectivity index (χ3n) is 3.41. The minimum atomic E-state index is -3.64. The van der Waals surface area contributed by atoms with E-state index in [4.69, 9.17) is 0 Å². The van der Waals surface area contributed by atoms with Crippen LogP contribution in [0.25, 0.3) is 0 Å². The van der Waals surface area contributed by atoms with Gasteiger partial charge in [-0.1, -0.05) is 6.07 Å². The summed E-state index contributed by atoms with van der Waals surface area (Å²) in [7, 11) is -3.64. The number of nitro groups is 1. The van der Waals surface area contributed by atoms with E-state index in [9.17, 15) is 32.4 Å². The number of sulfone groups is 1. The summed E-state index contributed by atoms with van der Waals surface area (Å²) >= 11 is 0. The molecule has 0 aliphatic rings. The number of aliphatic hydroxyl groups is 1. The van der Waals surface area contributed by atoms with Gasteiger partial charge in [0.25, 0.3) is 5.69 Å². The number of benzene rings is 2. The summed E-state index contributed by atoms with van der Waals surface area (Å²) in [6.45, 7) is -0.420. The van der Waals surface area contributed by atoms with E-state index in [1.54, 1.807) is 0 Å². The van der Waals surface area contributed by atoms with Crippen LogP contribution >= 0.6 is 0 Å². The van der Waals surface area contributed by atoms with Gasteiger partial charge >= 0.3 is 0 Å². The molecule has 0 spiro atoms. The summed E-state index contributed by atoms with van der Waals surface area (Å²) in [5.41, 5.74) is -1.19. The molecule has 0 aromatic heterocycles. The lowest BCUT2D eigenvalue weighted by atomic mass is 10.1. The summed E-state index contributed by atoms with van der Waals surface area (Å²) in [5, 5.41) is 23.6. The Kier molecular flexibility index (Phi) is 5.33. The van der Waals surface area contributed by atoms with E-state index in [0.717, 1.165) is 42.7 Å². The zero-order valence-corrected chi connectivity index (χ0v) is 13.8. The first-order valence-corrected chi connectivity index (χ1v) is 8.84. The summed E-state index contributed by atoms with van der Waals surface area (Å²) in [6, 6.07) is 6.27. The highest BCUT2D eigenvalue weighted by atomic mass is 32.2. The monoisotopic (exact) mass is 372 g/mol. The van der Waals surface area contributed by atoms with Gasteiger partial charge in [0.2, 0.25) is 0 Å². The molecule has 0 radical (unpaired) electrons. The van der Waals surface area contributed by atoms with Gasteiger partial charge in [0, 0.05) is 18.9 Å². The van der Waals surface area contributed by atoms with Crippen LogP contribution in [-0.4, -0.2) is 31.2 Å². The van der Waals surface area contributed by atoms with Crippen LogP contribution in [0.4, 0.5) is 20.2 Å². The van der Waals surface area contributed by atoms with Crippen LogP contribution in [0.3, 0.4) is 0 Å². The average molecular weight is 372 g/mol. The smallest absolute Gasteiger partial charge is 0.293 e. The lowest BCUT2D eigenvalue weighted by Crippen LogP contribution is -2.16. The number of hydrogen-bond acceptors (Lipinski definition) is 6. The quantitative estimate of drug-likeness (QED) is 0.595. The first kappa shape index (κ1) is 18.7. The molecule has 2 rings (SSSR count). The summed E-state index contributed by atoms with van der Waals surface area (Å²) in [4.78, 5) is 10.1. The minimum absolute atomic E-state index is 0.0896. The standard InChI is InChI=1S/C15H14F2N2O5S/c1-25(23,24)9-5-6-12(13(7-9)19(21)22)18-8-14(20)15-10(16)3-2-4-11(15)17/h2-7,14,18,20H,8H2,1H3. The van der Waals surface area contributed by atoms with E-state index in [1.807, 2.05) is 0 Å². The maximum atomic E-state index is 13.6. The highest BCUT2D eigenvalue weighted by molar-refractivity contribution is 7.90. The molecule has 134 valence electrons. The number of nitrogens with zero attached hydrogens (tertiary/aromatic N) is 1. The fourth-order valence-electron chi connectivity index (χ4n) is 2.18. The Balaban J connectivity index is 2.27. The molecule has 1 unspecified atom stereocenters. The normalized spacial score (nSPS) is 12.6. The topological polar surface area (TPSA) is 110 Å². The van der Waals surface area contributed by atoms with Crippen molar-refractivity contribution in [1.82, 2.24) is 0 Å². The van der Waals surface area contributed by atoms with E-state index in [-0.39, 0.29) is 10.6 Å². The molecule has 0 amide bonds. The second-order valence-corrected chi connectivity index (χ2v) is 7.26. The minimum Gasteiger partial charge on any atom is -0.386 e. The van der Waals surface area contributed by atoms with Crippen LogP contribution < -0.4 is 5.32 Å². The van der Waals surface area contributed by atoms with E-state index < -0.39 is 50.3 Å². The first-order valence-electron chi connectivity index (χ1n) is 6.95. The summed E-state index contributed by atoms with van der Waals surface area (Å²) in [5.74, 6) is -1.90. The number of nitrogens with one attached hydrogen (secondary N) is 1. The first-order chi connectivity index (χ1) is 11.6. The van der Waals surface area contributed by atoms with Crippen molar-refractivity contribution < 1.29 is 27.2 Å². The molecule has 10 heteroatoms. The molecule has 7 nitrogen and oxygen atoms in total. The number of aliphatic hydroxyl groups excluding tert-OH is 1. The predicted octanol–water partition coefficient (Wildman–Crippen LogP) is 2.42. The summed E-state index contributed by atoms with van der Waals surface area (Å²) in [6.07, 6.45) is -0.695. The second-order valence-electron chi connectivity index (χ2n) is 5.24. The van der Waals surface area contributed by atoms with Gasteiger partial charge in [-0.2, -0.15) is 0 Å². The van der Waals surface area contributed by atoms with E-state index in [0.29, 0.717) is 0 Å². The average Bonchev–Trinajstić information content (AvgIpc) is 2.51. The largest absolute Gasteiger partial charge is 0.386 e. The van der Waals surface area contributed by atoms with Crippen molar-refractivity contribution in [3.05, 3.63) is 63.7 Å². The molecule has 0 fully saturated rings. The Morgan fingerprint density at radius 1 is 1.24 bits per heavy atom. The number of anilines is 1. The van der Waals surface area contributed by atoms with Crippen molar-refractivity contribution in [3.63, 3.8) is 0 Å². The van der Waals surface area contributed by atoms with Crippen LogP contribution in [0.2, 0.25) is 0 Å². The Labute approximate surface area is 142 Å². The molecule has 2 aromatic carbocycles. The van der Waals surface area contributed by atoms with Crippen LogP contribution in [0, 0.1) is 21.7 Å². The molecule has 2 N–H and O–H groups in total. The molecule has 1 atom stereocenters. The summed E-state index contributed by atoms with van der Waals surface area (Å²) < 4.78 is 50.2. The highest BCUT2D eigenvalue weighted by Crippen LogP contribution is 2.29. The van der Waals surface area contributed by atoms with Crippen LogP contribution in [0.15, 0.2) is 41.3 Å². The number of hydrogen-bond donors (Lipinski definition) is 2. The lowest BCUT2D eigenvalue weighted by Gasteiger charge is -2.15. The van der Waals surface area contributed by atoms with Gasteiger partial charge in [-0.25, -0.2) is 17.2 Å². The Bertz CT molecular complexity index is 898. The molecule has 0 saturated heterocycles. The second kappa shape index (κ2) is 7.11. The van der Waals surface area contributed by atoms with E-state index >= 15 is 0 Å². The SMILES string of the molecule is CS(=O)(=O)c1ccc(NCC(O)c2c(F)cccc2F)c([N+](=O)[O-])c1. The van der Waals surface area contributed by atoms with Crippen molar-refractivity contribution >= 4 is 21.2 Å². The Morgan fingerprint density at radius 2 is 1.84 bits per heavy atom. The van der Waals surface area contributed by atoms with Crippen LogP contribution in [-0.2, 0) is 9.84 Å². The lowest BCUT2D eigenvalue weighted by molar-refractivity contribution is -0.384. The Hall–Kier alpha value is -2.59.